The molecule has 2 heterocycles. The maximum absolute atomic E-state index is 12.4. The second-order valence-electron chi connectivity index (χ2n) is 9.13. The largest absolute Gasteiger partial charge is 0.494 e. The van der Waals surface area contributed by atoms with Gasteiger partial charge in [0.1, 0.15) is 24.7 Å². The molecule has 0 aliphatic carbocycles. The van der Waals surface area contributed by atoms with Crippen LogP contribution in [0.3, 0.4) is 0 Å². The minimum atomic E-state index is -0.380. The van der Waals surface area contributed by atoms with Crippen LogP contribution in [0.2, 0.25) is 0 Å². The van der Waals surface area contributed by atoms with E-state index < -0.39 is 0 Å². The second kappa shape index (κ2) is 11.4. The van der Waals surface area contributed by atoms with Crippen LogP contribution in [0, 0.1) is 0 Å². The summed E-state index contributed by atoms with van der Waals surface area (Å²) in [6.07, 6.45) is -0.292. The number of rotatable bonds is 10. The average molecular weight is 533 g/mol. The Morgan fingerprint density at radius 3 is 2.32 bits per heavy atom. The number of hydrogen-bond acceptors (Lipinski definition) is 7. The lowest BCUT2D eigenvalue weighted by Gasteiger charge is -2.22. The van der Waals surface area contributed by atoms with Crippen LogP contribution in [0.5, 0.6) is 17.4 Å². The Hall–Kier alpha value is -4.24. The van der Waals surface area contributed by atoms with E-state index >= 15 is 0 Å². The van der Waals surface area contributed by atoms with E-state index in [-0.39, 0.29) is 35.6 Å². The number of H-pyrrole nitrogens is 1. The molecule has 0 radical (unpaired) electrons. The molecule has 0 spiro atoms. The Bertz CT molecular complexity index is 1420. The number of carbonyl (C=O) groups excluding carboxylic acids is 1. The molecule has 8 nitrogen and oxygen atoms in total. The van der Waals surface area contributed by atoms with Crippen molar-refractivity contribution in [2.24, 2.45) is 0 Å². The minimum absolute atomic E-state index is 0.0867. The summed E-state index contributed by atoms with van der Waals surface area (Å²) in [7, 11) is 0. The van der Waals surface area contributed by atoms with Crippen molar-refractivity contribution >= 4 is 17.4 Å². The number of aromatic hydroxyl groups is 1. The maximum Gasteiger partial charge on any atom is 0.410 e. The first-order valence-corrected chi connectivity index (χ1v) is 13.1. The number of nitrogens with one attached hydrogen (secondary N) is 1. The number of cyclic esters (lactones) is 1. The van der Waals surface area contributed by atoms with Gasteiger partial charge in [-0.2, -0.15) is 0 Å². The highest BCUT2D eigenvalue weighted by Crippen LogP contribution is 2.24. The zero-order valence-electron chi connectivity index (χ0n) is 20.8. The van der Waals surface area contributed by atoms with E-state index in [9.17, 15) is 14.7 Å². The highest BCUT2D eigenvalue weighted by atomic mass is 32.1. The molecule has 0 bridgehead atoms. The van der Waals surface area contributed by atoms with Crippen LogP contribution in [0.25, 0.3) is 11.1 Å². The first kappa shape index (κ1) is 25.4. The molecule has 1 saturated heterocycles. The molecule has 5 rings (SSSR count). The number of amides is 1. The molecule has 0 saturated carbocycles. The molecule has 1 fully saturated rings. The van der Waals surface area contributed by atoms with Crippen LogP contribution in [0.15, 0.2) is 83.7 Å². The molecule has 38 heavy (non-hydrogen) atoms. The van der Waals surface area contributed by atoms with Gasteiger partial charge in [0.05, 0.1) is 17.5 Å². The Balaban J connectivity index is 1.08. The van der Waals surface area contributed by atoms with Crippen LogP contribution < -0.4 is 14.3 Å². The van der Waals surface area contributed by atoms with E-state index in [2.05, 4.69) is 17.1 Å². The normalized spacial score (nSPS) is 15.8. The van der Waals surface area contributed by atoms with Crippen molar-refractivity contribution < 1.29 is 24.1 Å². The van der Waals surface area contributed by atoms with Gasteiger partial charge in [0.15, 0.2) is 6.10 Å². The summed E-state index contributed by atoms with van der Waals surface area (Å²) in [5.41, 5.74) is 3.19. The monoisotopic (exact) mass is 532 g/mol. The van der Waals surface area contributed by atoms with Gasteiger partial charge in [0.25, 0.3) is 0 Å². The Morgan fingerprint density at radius 2 is 1.63 bits per heavy atom. The number of carbonyl (C=O) groups is 1. The third-order valence-corrected chi connectivity index (χ3v) is 7.18. The Kier molecular flexibility index (Phi) is 7.65. The summed E-state index contributed by atoms with van der Waals surface area (Å²) in [4.78, 5) is 28.1. The van der Waals surface area contributed by atoms with Crippen LogP contribution >= 0.6 is 11.3 Å². The summed E-state index contributed by atoms with van der Waals surface area (Å²) < 4.78 is 17.3. The predicted octanol–water partition coefficient (Wildman–Crippen LogP) is 5.07. The summed E-state index contributed by atoms with van der Waals surface area (Å²) >= 11 is 0.993. The zero-order valence-corrected chi connectivity index (χ0v) is 21.6. The quantitative estimate of drug-likeness (QED) is 0.296. The molecule has 4 aromatic rings. The maximum atomic E-state index is 12.4. The topological polar surface area (TPSA) is 101 Å². The van der Waals surface area contributed by atoms with Crippen molar-refractivity contribution in [1.29, 1.82) is 0 Å². The lowest BCUT2D eigenvalue weighted by molar-refractivity contribution is 0.100. The molecule has 9 heteroatoms. The van der Waals surface area contributed by atoms with Gasteiger partial charge in [-0.3, -0.25) is 14.7 Å². The molecular formula is C29H28N2O6S. The Morgan fingerprint density at radius 1 is 0.974 bits per heavy atom. The van der Waals surface area contributed by atoms with Gasteiger partial charge < -0.3 is 19.3 Å². The van der Waals surface area contributed by atoms with Gasteiger partial charge in [0, 0.05) is 6.42 Å². The molecule has 196 valence electrons. The molecule has 1 amide bonds. The standard InChI is InChI=1S/C29H28N2O6S/c1-19(17-35-23-11-7-20(8-12-23)15-26-27(32)30-28(33)38-26)31-16-25(37-29(31)34)18-36-24-13-9-22(10-14-24)21-5-3-2-4-6-21/h2-14,19,25,32H,15-18H2,1H3,(H,30,33). The van der Waals surface area contributed by atoms with Gasteiger partial charge >= 0.3 is 11.0 Å². The van der Waals surface area contributed by atoms with E-state index in [0.717, 1.165) is 33.8 Å². The molecule has 2 N–H and O–H groups in total. The number of hydrogen-bond donors (Lipinski definition) is 2. The number of aromatic nitrogens is 1. The lowest BCUT2D eigenvalue weighted by Crippen LogP contribution is -2.38. The van der Waals surface area contributed by atoms with Crippen LogP contribution in [0.4, 0.5) is 4.79 Å². The van der Waals surface area contributed by atoms with Crippen molar-refractivity contribution in [3.05, 3.63) is 99.0 Å². The van der Waals surface area contributed by atoms with Crippen LogP contribution in [-0.4, -0.2) is 53.0 Å². The first-order chi connectivity index (χ1) is 18.4. The second-order valence-corrected chi connectivity index (χ2v) is 10.2. The van der Waals surface area contributed by atoms with E-state index in [4.69, 9.17) is 14.2 Å². The SMILES string of the molecule is CC(COc1ccc(Cc2sc(=O)[nH]c2O)cc1)N1CC(COc2ccc(-c3ccccc3)cc2)OC1=O. The number of nitrogens with zero attached hydrogens (tertiary/aromatic N) is 1. The molecule has 3 aromatic carbocycles. The molecule has 2 atom stereocenters. The van der Waals surface area contributed by atoms with E-state index in [1.54, 1.807) is 4.90 Å². The number of thiazole rings is 1. The van der Waals surface area contributed by atoms with Gasteiger partial charge in [-0.15, -0.1) is 0 Å². The summed E-state index contributed by atoms with van der Waals surface area (Å²) in [6, 6.07) is 25.2. The molecule has 2 unspecified atom stereocenters. The molecule has 1 aliphatic rings. The number of benzene rings is 3. The van der Waals surface area contributed by atoms with E-state index in [1.807, 2.05) is 73.7 Å². The van der Waals surface area contributed by atoms with Crippen molar-refractivity contribution in [1.82, 2.24) is 9.88 Å². The summed E-state index contributed by atoms with van der Waals surface area (Å²) in [5.74, 6) is 1.30. The van der Waals surface area contributed by atoms with Gasteiger partial charge in [0.2, 0.25) is 5.88 Å². The van der Waals surface area contributed by atoms with E-state index in [1.165, 1.54) is 0 Å². The van der Waals surface area contributed by atoms with Gasteiger partial charge in [-0.25, -0.2) is 4.79 Å². The molecule has 1 aromatic heterocycles. The summed E-state index contributed by atoms with van der Waals surface area (Å²) in [5, 5.41) is 9.76. The molecule has 1 aliphatic heterocycles. The highest BCUT2D eigenvalue weighted by Gasteiger charge is 2.35. The van der Waals surface area contributed by atoms with Gasteiger partial charge in [-0.1, -0.05) is 65.9 Å². The Labute approximate surface area is 224 Å². The fraction of sp³-hybridized carbons (Fsp3) is 0.241. The highest BCUT2D eigenvalue weighted by molar-refractivity contribution is 7.09. The molecular weight excluding hydrogens is 504 g/mol. The van der Waals surface area contributed by atoms with E-state index in [0.29, 0.717) is 30.2 Å². The van der Waals surface area contributed by atoms with Crippen LogP contribution in [0.1, 0.15) is 17.4 Å². The number of ether oxygens (including phenoxy) is 3. The minimum Gasteiger partial charge on any atom is -0.494 e. The fourth-order valence-corrected chi connectivity index (χ4v) is 4.98. The van der Waals surface area contributed by atoms with Gasteiger partial charge in [-0.05, 0) is 47.9 Å². The van der Waals surface area contributed by atoms with Crippen molar-refractivity contribution in [3.63, 3.8) is 0 Å². The van der Waals surface area contributed by atoms with Crippen LogP contribution in [-0.2, 0) is 11.2 Å². The zero-order chi connectivity index (χ0) is 26.5. The third kappa shape index (κ3) is 6.18. The third-order valence-electron chi connectivity index (χ3n) is 6.31. The van der Waals surface area contributed by atoms with Crippen molar-refractivity contribution in [2.75, 3.05) is 19.8 Å². The smallest absolute Gasteiger partial charge is 0.410 e. The average Bonchev–Trinajstić information content (AvgIpc) is 3.47. The van der Waals surface area contributed by atoms with Crippen molar-refractivity contribution in [2.45, 2.75) is 25.5 Å². The van der Waals surface area contributed by atoms with Crippen molar-refractivity contribution in [3.8, 4) is 28.5 Å². The lowest BCUT2D eigenvalue weighted by atomic mass is 10.1. The number of aromatic amines is 1. The summed E-state index contributed by atoms with van der Waals surface area (Å²) in [6.45, 7) is 2.92. The first-order valence-electron chi connectivity index (χ1n) is 12.3. The predicted molar refractivity (Wildman–Crippen MR) is 145 cm³/mol. The fourth-order valence-electron chi connectivity index (χ4n) is 4.22.